The number of hydrogen-bond acceptors (Lipinski definition) is 3. The van der Waals surface area contributed by atoms with Gasteiger partial charge in [0.05, 0.1) is 0 Å². The Hall–Kier alpha value is -0.610. The highest BCUT2D eigenvalue weighted by Gasteiger charge is 2.21. The van der Waals surface area contributed by atoms with Crippen LogP contribution in [0.4, 0.5) is 0 Å². The lowest BCUT2D eigenvalue weighted by atomic mass is 9.99. The highest BCUT2D eigenvalue weighted by Crippen LogP contribution is 2.14. The number of rotatable bonds is 4. The molecule has 0 radical (unpaired) electrons. The summed E-state index contributed by atoms with van der Waals surface area (Å²) in [4.78, 5) is 11.6. The van der Waals surface area contributed by atoms with Gasteiger partial charge in [-0.1, -0.05) is 0 Å². The number of likely N-dealkylation sites (N-methyl/N-ethyl adjacent to an activating group) is 1. The first-order valence-electron chi connectivity index (χ1n) is 5.26. The van der Waals surface area contributed by atoms with Crippen LogP contribution in [0.2, 0.25) is 0 Å². The van der Waals surface area contributed by atoms with Gasteiger partial charge in [-0.05, 0) is 26.8 Å². The lowest BCUT2D eigenvalue weighted by Gasteiger charge is -2.22. The van der Waals surface area contributed by atoms with Gasteiger partial charge in [-0.2, -0.15) is 0 Å². The normalized spacial score (nSPS) is 20.4. The highest BCUT2D eigenvalue weighted by atomic mass is 16.5. The lowest BCUT2D eigenvalue weighted by Crippen LogP contribution is -2.41. The van der Waals surface area contributed by atoms with Gasteiger partial charge in [-0.25, -0.2) is 0 Å². The summed E-state index contributed by atoms with van der Waals surface area (Å²) in [5.74, 6) is 0.336. The van der Waals surface area contributed by atoms with E-state index in [4.69, 9.17) is 4.74 Å². The Bertz CT molecular complexity index is 179. The Morgan fingerprint density at radius 1 is 1.50 bits per heavy atom. The molecular weight excluding hydrogens is 180 g/mol. The van der Waals surface area contributed by atoms with Crippen molar-refractivity contribution in [1.29, 1.82) is 0 Å². The molecule has 0 bridgehead atoms. The van der Waals surface area contributed by atoms with Crippen molar-refractivity contribution in [2.45, 2.75) is 25.8 Å². The van der Waals surface area contributed by atoms with E-state index in [0.717, 1.165) is 26.1 Å². The van der Waals surface area contributed by atoms with E-state index in [1.54, 1.807) is 0 Å². The third-order valence-corrected chi connectivity index (χ3v) is 2.67. The standard InChI is InChI=1S/C10H20N2O2/c1-8(11-2)7-12-10(13)9-3-5-14-6-4-9/h8-9,11H,3-7H2,1-2H3,(H,12,13). The molecule has 0 aromatic rings. The first kappa shape index (κ1) is 11.5. The summed E-state index contributed by atoms with van der Waals surface area (Å²) in [6, 6.07) is 0.332. The van der Waals surface area contributed by atoms with Crippen LogP contribution >= 0.6 is 0 Å². The second-order valence-corrected chi connectivity index (χ2v) is 3.82. The number of nitrogens with one attached hydrogen (secondary N) is 2. The van der Waals surface area contributed by atoms with Gasteiger partial charge in [0, 0.05) is 31.7 Å². The monoisotopic (exact) mass is 200 g/mol. The molecule has 0 aromatic heterocycles. The first-order chi connectivity index (χ1) is 6.74. The average Bonchev–Trinajstić information content (AvgIpc) is 2.26. The number of carbonyl (C=O) groups excluding carboxylic acids is 1. The van der Waals surface area contributed by atoms with Gasteiger partial charge < -0.3 is 15.4 Å². The van der Waals surface area contributed by atoms with Crippen molar-refractivity contribution in [3.05, 3.63) is 0 Å². The topological polar surface area (TPSA) is 50.4 Å². The third-order valence-electron chi connectivity index (χ3n) is 2.67. The van der Waals surface area contributed by atoms with Crippen LogP contribution in [-0.4, -0.2) is 38.8 Å². The minimum Gasteiger partial charge on any atom is -0.381 e. The Morgan fingerprint density at radius 2 is 2.14 bits per heavy atom. The van der Waals surface area contributed by atoms with E-state index in [-0.39, 0.29) is 11.8 Å². The van der Waals surface area contributed by atoms with Gasteiger partial charge in [-0.15, -0.1) is 0 Å². The molecule has 4 nitrogen and oxygen atoms in total. The summed E-state index contributed by atoms with van der Waals surface area (Å²) in [5, 5.41) is 6.03. The van der Waals surface area contributed by atoms with Crippen LogP contribution in [0.25, 0.3) is 0 Å². The maximum atomic E-state index is 11.6. The van der Waals surface area contributed by atoms with Crippen molar-refractivity contribution in [2.24, 2.45) is 5.92 Å². The zero-order chi connectivity index (χ0) is 10.4. The molecular formula is C10H20N2O2. The summed E-state index contributed by atoms with van der Waals surface area (Å²) in [6.45, 7) is 4.19. The third kappa shape index (κ3) is 3.64. The van der Waals surface area contributed by atoms with E-state index in [1.165, 1.54) is 0 Å². The summed E-state index contributed by atoms with van der Waals surface area (Å²) in [5.41, 5.74) is 0. The molecule has 0 saturated carbocycles. The fraction of sp³-hybridized carbons (Fsp3) is 0.900. The van der Waals surface area contributed by atoms with E-state index < -0.39 is 0 Å². The van der Waals surface area contributed by atoms with Crippen molar-refractivity contribution in [3.63, 3.8) is 0 Å². The van der Waals surface area contributed by atoms with Crippen LogP contribution in [0.3, 0.4) is 0 Å². The van der Waals surface area contributed by atoms with Gasteiger partial charge in [0.2, 0.25) is 5.91 Å². The van der Waals surface area contributed by atoms with E-state index >= 15 is 0 Å². The van der Waals surface area contributed by atoms with Crippen molar-refractivity contribution < 1.29 is 9.53 Å². The Balaban J connectivity index is 2.19. The molecule has 1 saturated heterocycles. The van der Waals surface area contributed by atoms with E-state index in [9.17, 15) is 4.79 Å². The predicted molar refractivity (Wildman–Crippen MR) is 55.1 cm³/mol. The molecule has 1 rings (SSSR count). The quantitative estimate of drug-likeness (QED) is 0.678. The fourth-order valence-corrected chi connectivity index (χ4v) is 1.46. The van der Waals surface area contributed by atoms with Crippen LogP contribution in [-0.2, 0) is 9.53 Å². The molecule has 1 amide bonds. The molecule has 0 aromatic carbocycles. The van der Waals surface area contributed by atoms with E-state index in [0.29, 0.717) is 12.6 Å². The molecule has 1 unspecified atom stereocenters. The zero-order valence-electron chi connectivity index (χ0n) is 9.01. The van der Waals surface area contributed by atoms with Gasteiger partial charge in [0.15, 0.2) is 0 Å². The fourth-order valence-electron chi connectivity index (χ4n) is 1.46. The zero-order valence-corrected chi connectivity index (χ0v) is 9.01. The molecule has 2 N–H and O–H groups in total. The Kier molecular flexibility index (Phi) is 4.90. The maximum Gasteiger partial charge on any atom is 0.223 e. The maximum absolute atomic E-state index is 11.6. The van der Waals surface area contributed by atoms with Crippen molar-refractivity contribution in [1.82, 2.24) is 10.6 Å². The van der Waals surface area contributed by atoms with Crippen molar-refractivity contribution in [2.75, 3.05) is 26.8 Å². The molecule has 0 spiro atoms. The molecule has 82 valence electrons. The number of hydrogen-bond donors (Lipinski definition) is 2. The Morgan fingerprint density at radius 3 is 2.71 bits per heavy atom. The minimum atomic E-state index is 0.160. The lowest BCUT2D eigenvalue weighted by molar-refractivity contribution is -0.127. The predicted octanol–water partition coefficient (Wildman–Crippen LogP) is 0.137. The molecule has 1 heterocycles. The van der Waals surface area contributed by atoms with E-state index in [2.05, 4.69) is 10.6 Å². The SMILES string of the molecule is CNC(C)CNC(=O)C1CCOCC1. The number of amides is 1. The molecule has 14 heavy (non-hydrogen) atoms. The van der Waals surface area contributed by atoms with Gasteiger partial charge in [0.25, 0.3) is 0 Å². The summed E-state index contributed by atoms with van der Waals surface area (Å²) < 4.78 is 5.20. The van der Waals surface area contributed by atoms with Gasteiger partial charge in [0.1, 0.15) is 0 Å². The van der Waals surface area contributed by atoms with Crippen molar-refractivity contribution in [3.8, 4) is 0 Å². The highest BCUT2D eigenvalue weighted by molar-refractivity contribution is 5.78. The largest absolute Gasteiger partial charge is 0.381 e. The molecule has 4 heteroatoms. The second kappa shape index (κ2) is 5.98. The molecule has 1 fully saturated rings. The summed E-state index contributed by atoms with van der Waals surface area (Å²) in [7, 11) is 1.89. The second-order valence-electron chi connectivity index (χ2n) is 3.82. The molecule has 1 aliphatic heterocycles. The van der Waals surface area contributed by atoms with Crippen LogP contribution in [0, 0.1) is 5.92 Å². The number of ether oxygens (including phenoxy) is 1. The van der Waals surface area contributed by atoms with Crippen molar-refractivity contribution >= 4 is 5.91 Å². The van der Waals surface area contributed by atoms with Crippen LogP contribution in [0.5, 0.6) is 0 Å². The smallest absolute Gasteiger partial charge is 0.223 e. The van der Waals surface area contributed by atoms with Crippen LogP contribution in [0.1, 0.15) is 19.8 Å². The number of carbonyl (C=O) groups is 1. The Labute approximate surface area is 85.4 Å². The van der Waals surface area contributed by atoms with E-state index in [1.807, 2.05) is 14.0 Å². The first-order valence-corrected chi connectivity index (χ1v) is 5.26. The summed E-state index contributed by atoms with van der Waals surface area (Å²) >= 11 is 0. The molecule has 1 aliphatic rings. The van der Waals surface area contributed by atoms with Crippen LogP contribution in [0.15, 0.2) is 0 Å². The molecule has 1 atom stereocenters. The summed E-state index contributed by atoms with van der Waals surface area (Å²) in [6.07, 6.45) is 1.72. The average molecular weight is 200 g/mol. The van der Waals surface area contributed by atoms with Crippen LogP contribution < -0.4 is 10.6 Å². The van der Waals surface area contributed by atoms with Gasteiger partial charge in [-0.3, -0.25) is 4.79 Å². The van der Waals surface area contributed by atoms with Gasteiger partial charge >= 0.3 is 0 Å². The molecule has 0 aliphatic carbocycles. The minimum absolute atomic E-state index is 0.160.